The summed E-state index contributed by atoms with van der Waals surface area (Å²) in [6, 6.07) is 5.12. The van der Waals surface area contributed by atoms with Crippen molar-refractivity contribution in [3.05, 3.63) is 29.3 Å². The maximum atomic E-state index is 12.0. The van der Waals surface area contributed by atoms with Gasteiger partial charge in [0.25, 0.3) is 0 Å². The maximum Gasteiger partial charge on any atom is 0.392 e. The normalized spacial score (nSPS) is 19.2. The monoisotopic (exact) mass is 246 g/mol. The summed E-state index contributed by atoms with van der Waals surface area (Å²) in [4.78, 5) is 0. The molecule has 1 unspecified atom stereocenters. The number of hydrogen-bond donors (Lipinski definition) is 1. The molecule has 1 atom stereocenters. The molecule has 17 heavy (non-hydrogen) atoms. The van der Waals surface area contributed by atoms with Crippen LogP contribution in [0.4, 0.5) is 13.2 Å². The van der Waals surface area contributed by atoms with Gasteiger partial charge in [0, 0.05) is 5.56 Å². The molecule has 0 amide bonds. The maximum absolute atomic E-state index is 12.0. The molecule has 1 aliphatic carbocycles. The average molecular weight is 246 g/mol. The van der Waals surface area contributed by atoms with Gasteiger partial charge in [-0.05, 0) is 24.5 Å². The Balaban J connectivity index is 2.03. The first-order chi connectivity index (χ1) is 7.97. The van der Waals surface area contributed by atoms with Gasteiger partial charge in [-0.3, -0.25) is 0 Å². The van der Waals surface area contributed by atoms with Crippen LogP contribution >= 0.6 is 0 Å². The zero-order valence-corrected chi connectivity index (χ0v) is 9.13. The van der Waals surface area contributed by atoms with Crippen LogP contribution in [0.5, 0.6) is 5.75 Å². The van der Waals surface area contributed by atoms with E-state index in [9.17, 15) is 18.3 Å². The van der Waals surface area contributed by atoms with Gasteiger partial charge in [0.15, 0.2) is 0 Å². The number of alkyl halides is 3. The Morgan fingerprint density at radius 3 is 2.82 bits per heavy atom. The van der Waals surface area contributed by atoms with Crippen LogP contribution in [0.25, 0.3) is 0 Å². The van der Waals surface area contributed by atoms with E-state index in [-0.39, 0.29) is 6.61 Å². The smallest absolute Gasteiger partial charge is 0.392 e. The SMILES string of the molecule is OC1CCc2c(OCCC(F)(F)F)cccc21. The molecule has 0 saturated carbocycles. The van der Waals surface area contributed by atoms with Crippen molar-refractivity contribution >= 4 is 0 Å². The molecule has 2 nitrogen and oxygen atoms in total. The molecule has 1 aromatic carbocycles. The van der Waals surface area contributed by atoms with Crippen LogP contribution < -0.4 is 4.74 Å². The van der Waals surface area contributed by atoms with Gasteiger partial charge in [0.2, 0.25) is 0 Å². The Hall–Kier alpha value is -1.23. The van der Waals surface area contributed by atoms with Gasteiger partial charge in [0.05, 0.1) is 19.1 Å². The van der Waals surface area contributed by atoms with Crippen molar-refractivity contribution < 1.29 is 23.0 Å². The molecule has 0 radical (unpaired) electrons. The molecule has 1 aliphatic rings. The highest BCUT2D eigenvalue weighted by atomic mass is 19.4. The predicted octanol–water partition coefficient (Wildman–Crippen LogP) is 3.00. The van der Waals surface area contributed by atoms with Gasteiger partial charge in [-0.1, -0.05) is 12.1 Å². The summed E-state index contributed by atoms with van der Waals surface area (Å²) >= 11 is 0. The zero-order chi connectivity index (χ0) is 12.5. The summed E-state index contributed by atoms with van der Waals surface area (Å²) in [6.07, 6.45) is -4.42. The number of aliphatic hydroxyl groups is 1. The van der Waals surface area contributed by atoms with Gasteiger partial charge in [-0.15, -0.1) is 0 Å². The van der Waals surface area contributed by atoms with Crippen molar-refractivity contribution in [3.63, 3.8) is 0 Å². The molecule has 5 heteroatoms. The first-order valence-electron chi connectivity index (χ1n) is 5.47. The zero-order valence-electron chi connectivity index (χ0n) is 9.13. The third-order valence-electron chi connectivity index (χ3n) is 2.84. The lowest BCUT2D eigenvalue weighted by Gasteiger charge is -2.12. The standard InChI is InChI=1S/C12H13F3O2/c13-12(14,15)6-7-17-11-3-1-2-8-9(11)4-5-10(8)16/h1-3,10,16H,4-7H2. The third kappa shape index (κ3) is 2.91. The Bertz CT molecular complexity index is 401. The number of halogens is 3. The Kier molecular flexibility index (Phi) is 3.28. The van der Waals surface area contributed by atoms with E-state index in [1.54, 1.807) is 18.2 Å². The van der Waals surface area contributed by atoms with Crippen molar-refractivity contribution in [1.82, 2.24) is 0 Å². The summed E-state index contributed by atoms with van der Waals surface area (Å²) in [6.45, 7) is -0.379. The van der Waals surface area contributed by atoms with Gasteiger partial charge < -0.3 is 9.84 Å². The quantitative estimate of drug-likeness (QED) is 0.888. The van der Waals surface area contributed by atoms with E-state index in [0.29, 0.717) is 18.6 Å². The molecular formula is C12H13F3O2. The fourth-order valence-corrected chi connectivity index (χ4v) is 2.01. The van der Waals surface area contributed by atoms with Crippen molar-refractivity contribution in [2.24, 2.45) is 0 Å². The van der Waals surface area contributed by atoms with Crippen LogP contribution in [0.15, 0.2) is 18.2 Å². The van der Waals surface area contributed by atoms with E-state index < -0.39 is 18.7 Å². The van der Waals surface area contributed by atoms with Gasteiger partial charge in [0.1, 0.15) is 5.75 Å². The van der Waals surface area contributed by atoms with E-state index in [1.807, 2.05) is 0 Å². The first kappa shape index (κ1) is 12.2. The highest BCUT2D eigenvalue weighted by molar-refractivity contribution is 5.44. The molecule has 2 rings (SSSR count). The van der Waals surface area contributed by atoms with Gasteiger partial charge in [-0.25, -0.2) is 0 Å². The fraction of sp³-hybridized carbons (Fsp3) is 0.500. The highest BCUT2D eigenvalue weighted by Crippen LogP contribution is 2.36. The summed E-state index contributed by atoms with van der Waals surface area (Å²) in [7, 11) is 0. The molecule has 1 aromatic rings. The molecule has 1 N–H and O–H groups in total. The predicted molar refractivity (Wildman–Crippen MR) is 55.9 cm³/mol. The van der Waals surface area contributed by atoms with Crippen LogP contribution in [0.1, 0.15) is 30.1 Å². The number of fused-ring (bicyclic) bond motifs is 1. The van der Waals surface area contributed by atoms with Crippen molar-refractivity contribution in [2.75, 3.05) is 6.61 Å². The second-order valence-corrected chi connectivity index (χ2v) is 4.09. The first-order valence-corrected chi connectivity index (χ1v) is 5.47. The molecule has 0 aromatic heterocycles. The van der Waals surface area contributed by atoms with E-state index in [4.69, 9.17) is 4.74 Å². The largest absolute Gasteiger partial charge is 0.493 e. The van der Waals surface area contributed by atoms with Crippen LogP contribution in [0.2, 0.25) is 0 Å². The Labute approximate surface area is 97.0 Å². The third-order valence-corrected chi connectivity index (χ3v) is 2.84. The van der Waals surface area contributed by atoms with Crippen LogP contribution in [-0.2, 0) is 6.42 Å². The summed E-state index contributed by atoms with van der Waals surface area (Å²) < 4.78 is 41.1. The minimum Gasteiger partial charge on any atom is -0.493 e. The molecule has 0 saturated heterocycles. The second kappa shape index (κ2) is 4.56. The second-order valence-electron chi connectivity index (χ2n) is 4.09. The lowest BCUT2D eigenvalue weighted by atomic mass is 10.1. The average Bonchev–Trinajstić information content (AvgIpc) is 2.60. The molecule has 0 bridgehead atoms. The van der Waals surface area contributed by atoms with Crippen LogP contribution in [0.3, 0.4) is 0 Å². The number of rotatable bonds is 3. The molecule has 0 heterocycles. The summed E-state index contributed by atoms with van der Waals surface area (Å²) in [5, 5.41) is 9.62. The lowest BCUT2D eigenvalue weighted by Crippen LogP contribution is -2.13. The van der Waals surface area contributed by atoms with Crippen LogP contribution in [0, 0.1) is 0 Å². The topological polar surface area (TPSA) is 29.5 Å². The molecule has 0 spiro atoms. The number of hydrogen-bond acceptors (Lipinski definition) is 2. The summed E-state index contributed by atoms with van der Waals surface area (Å²) in [5.41, 5.74) is 1.61. The van der Waals surface area contributed by atoms with Gasteiger partial charge >= 0.3 is 6.18 Å². The Morgan fingerprint density at radius 2 is 2.12 bits per heavy atom. The number of aliphatic hydroxyl groups excluding tert-OH is 1. The van der Waals surface area contributed by atoms with E-state index in [2.05, 4.69) is 0 Å². The van der Waals surface area contributed by atoms with Crippen molar-refractivity contribution in [1.29, 1.82) is 0 Å². The van der Waals surface area contributed by atoms with E-state index in [0.717, 1.165) is 11.1 Å². The number of ether oxygens (including phenoxy) is 1. The number of benzene rings is 1. The van der Waals surface area contributed by atoms with Crippen molar-refractivity contribution in [3.8, 4) is 5.75 Å². The molecule has 0 fully saturated rings. The fourth-order valence-electron chi connectivity index (χ4n) is 2.01. The van der Waals surface area contributed by atoms with Crippen molar-refractivity contribution in [2.45, 2.75) is 31.5 Å². The molecule has 94 valence electrons. The molecular weight excluding hydrogens is 233 g/mol. The van der Waals surface area contributed by atoms with E-state index >= 15 is 0 Å². The molecule has 0 aliphatic heterocycles. The minimum atomic E-state index is -4.20. The highest BCUT2D eigenvalue weighted by Gasteiger charge is 2.28. The minimum absolute atomic E-state index is 0.379. The van der Waals surface area contributed by atoms with E-state index in [1.165, 1.54) is 0 Å². The van der Waals surface area contributed by atoms with Crippen LogP contribution in [-0.4, -0.2) is 17.9 Å². The lowest BCUT2D eigenvalue weighted by molar-refractivity contribution is -0.139. The van der Waals surface area contributed by atoms with Gasteiger partial charge in [-0.2, -0.15) is 13.2 Å². The Morgan fingerprint density at radius 1 is 1.35 bits per heavy atom. The summed E-state index contributed by atoms with van der Waals surface area (Å²) in [5.74, 6) is 0.461.